The Morgan fingerprint density at radius 1 is 0.892 bits per heavy atom. The number of benzene rings is 1. The zero-order chi connectivity index (χ0) is 25.4. The van der Waals surface area contributed by atoms with E-state index in [1.807, 2.05) is 36.4 Å². The van der Waals surface area contributed by atoms with Gasteiger partial charge in [0.15, 0.2) is 5.82 Å². The van der Waals surface area contributed by atoms with E-state index in [1.54, 1.807) is 12.3 Å². The van der Waals surface area contributed by atoms with Gasteiger partial charge in [-0.1, -0.05) is 30.3 Å². The molecule has 3 aliphatic rings. The summed E-state index contributed by atoms with van der Waals surface area (Å²) < 4.78 is 41.6. The maximum Gasteiger partial charge on any atom is 0.421 e. The number of aromatic nitrogens is 3. The van der Waals surface area contributed by atoms with Crippen LogP contribution in [0.15, 0.2) is 54.9 Å². The molecule has 8 nitrogen and oxygen atoms in total. The molecule has 0 bridgehead atoms. The van der Waals surface area contributed by atoms with Gasteiger partial charge in [0.2, 0.25) is 5.95 Å². The molecule has 37 heavy (non-hydrogen) atoms. The molecule has 1 saturated carbocycles. The van der Waals surface area contributed by atoms with E-state index in [4.69, 9.17) is 4.84 Å². The summed E-state index contributed by atoms with van der Waals surface area (Å²) in [6, 6.07) is 13.5. The number of anilines is 4. The van der Waals surface area contributed by atoms with Gasteiger partial charge in [-0.15, -0.1) is 0 Å². The molecule has 0 amide bonds. The van der Waals surface area contributed by atoms with Crippen LogP contribution in [0.25, 0.3) is 0 Å². The number of nitrogens with zero attached hydrogens (tertiary/aromatic N) is 6. The van der Waals surface area contributed by atoms with Gasteiger partial charge in [-0.3, -0.25) is 9.74 Å². The molecule has 3 aromatic rings. The average molecular weight is 512 g/mol. The summed E-state index contributed by atoms with van der Waals surface area (Å²) in [5.74, 6) is 0.151. The van der Waals surface area contributed by atoms with Crippen molar-refractivity contribution < 1.29 is 18.0 Å². The third-order valence-corrected chi connectivity index (χ3v) is 7.10. The summed E-state index contributed by atoms with van der Waals surface area (Å²) in [5, 5.41) is 4.20. The van der Waals surface area contributed by atoms with E-state index >= 15 is 0 Å². The predicted octanol–water partition coefficient (Wildman–Crippen LogP) is 4.80. The van der Waals surface area contributed by atoms with E-state index in [0.717, 1.165) is 49.7 Å². The normalized spacial score (nSPS) is 20.9. The first-order valence-electron chi connectivity index (χ1n) is 12.6. The number of halogens is 3. The minimum absolute atomic E-state index is 0.0172. The Balaban J connectivity index is 1.20. The second-order valence-corrected chi connectivity index (χ2v) is 9.58. The van der Waals surface area contributed by atoms with E-state index in [0.29, 0.717) is 18.8 Å². The molecular formula is C26H28F3N7O. The van der Waals surface area contributed by atoms with Crippen molar-refractivity contribution in [3.63, 3.8) is 0 Å². The summed E-state index contributed by atoms with van der Waals surface area (Å²) >= 11 is 0. The number of rotatable bonds is 6. The lowest BCUT2D eigenvalue weighted by Crippen LogP contribution is -2.47. The lowest BCUT2D eigenvalue weighted by atomic mass is 10.0. The van der Waals surface area contributed by atoms with Gasteiger partial charge in [0.1, 0.15) is 11.4 Å². The fraction of sp³-hybridized carbons (Fsp3) is 0.423. The molecule has 2 saturated heterocycles. The molecule has 2 aromatic heterocycles. The van der Waals surface area contributed by atoms with Gasteiger partial charge >= 0.3 is 6.18 Å². The standard InChI is InChI=1S/C26H28F3N7O/c27-26(28,29)21-17-31-25(33-24(21)36-22(10-15-37-36)18-4-2-1-3-5-18)32-23-9-8-20(16-30-23)35-13-11-34(12-14-35)19-6-7-19/h1-5,8-9,16-17,19,22H,6-7,10-15H2,(H,30,31,32,33)/t22-/m0/s1. The lowest BCUT2D eigenvalue weighted by Gasteiger charge is -2.36. The third-order valence-electron chi connectivity index (χ3n) is 7.10. The average Bonchev–Trinajstić information content (AvgIpc) is 3.65. The Kier molecular flexibility index (Phi) is 6.33. The zero-order valence-corrected chi connectivity index (χ0v) is 20.2. The minimum atomic E-state index is -4.63. The molecule has 1 atom stereocenters. The minimum Gasteiger partial charge on any atom is -0.368 e. The third kappa shape index (κ3) is 5.19. The maximum absolute atomic E-state index is 13.9. The molecule has 0 spiro atoms. The van der Waals surface area contributed by atoms with E-state index in [2.05, 4.69) is 30.1 Å². The summed E-state index contributed by atoms with van der Waals surface area (Å²) in [6.07, 6.45) is 1.10. The Morgan fingerprint density at radius 2 is 1.68 bits per heavy atom. The van der Waals surface area contributed by atoms with Crippen LogP contribution in [0, 0.1) is 0 Å². The number of hydrogen-bond acceptors (Lipinski definition) is 8. The first-order chi connectivity index (χ1) is 18.0. The van der Waals surface area contributed by atoms with Gasteiger partial charge in [0.25, 0.3) is 0 Å². The van der Waals surface area contributed by atoms with Crippen LogP contribution < -0.4 is 15.3 Å². The van der Waals surface area contributed by atoms with Gasteiger partial charge in [0, 0.05) is 44.8 Å². The van der Waals surface area contributed by atoms with Crippen molar-refractivity contribution in [3.05, 3.63) is 66.0 Å². The van der Waals surface area contributed by atoms with Crippen molar-refractivity contribution in [1.82, 2.24) is 19.9 Å². The number of pyridine rings is 1. The molecule has 0 radical (unpaired) electrons. The quantitative estimate of drug-likeness (QED) is 0.506. The number of nitrogens with one attached hydrogen (secondary N) is 1. The second-order valence-electron chi connectivity index (χ2n) is 9.58. The zero-order valence-electron chi connectivity index (χ0n) is 20.2. The Hall–Kier alpha value is -3.44. The highest BCUT2D eigenvalue weighted by molar-refractivity contribution is 5.57. The molecule has 194 valence electrons. The van der Waals surface area contributed by atoms with Crippen molar-refractivity contribution in [3.8, 4) is 0 Å². The molecule has 3 fully saturated rings. The Bertz CT molecular complexity index is 1210. The first-order valence-corrected chi connectivity index (χ1v) is 12.6. The molecule has 2 aliphatic heterocycles. The highest BCUT2D eigenvalue weighted by Gasteiger charge is 2.40. The summed E-state index contributed by atoms with van der Waals surface area (Å²) in [6.45, 7) is 4.30. The molecule has 0 unspecified atom stereocenters. The summed E-state index contributed by atoms with van der Waals surface area (Å²) in [4.78, 5) is 23.1. The molecular weight excluding hydrogens is 483 g/mol. The fourth-order valence-corrected chi connectivity index (χ4v) is 5.00. The van der Waals surface area contributed by atoms with Crippen LogP contribution in [0.4, 0.5) is 36.4 Å². The van der Waals surface area contributed by atoms with Crippen LogP contribution in [0.5, 0.6) is 0 Å². The van der Waals surface area contributed by atoms with Crippen molar-refractivity contribution in [1.29, 1.82) is 0 Å². The van der Waals surface area contributed by atoms with E-state index in [-0.39, 0.29) is 17.8 Å². The molecule has 4 heterocycles. The molecule has 11 heteroatoms. The van der Waals surface area contributed by atoms with Gasteiger partial charge < -0.3 is 10.2 Å². The molecule has 1 aliphatic carbocycles. The monoisotopic (exact) mass is 511 g/mol. The van der Waals surface area contributed by atoms with Gasteiger partial charge in [-0.2, -0.15) is 18.2 Å². The first kappa shape index (κ1) is 23.9. The maximum atomic E-state index is 13.9. The Morgan fingerprint density at radius 3 is 2.35 bits per heavy atom. The van der Waals surface area contributed by atoms with Crippen LogP contribution in [0.3, 0.4) is 0 Å². The van der Waals surface area contributed by atoms with E-state index < -0.39 is 11.7 Å². The van der Waals surface area contributed by atoms with E-state index in [9.17, 15) is 13.2 Å². The van der Waals surface area contributed by atoms with Gasteiger partial charge in [0.05, 0.1) is 24.5 Å². The SMILES string of the molecule is FC(F)(F)c1cnc(Nc2ccc(N3CCN(C4CC4)CC3)cn2)nc1N1OCC[C@H]1c1ccccc1. The van der Waals surface area contributed by atoms with Crippen LogP contribution in [-0.4, -0.2) is 58.7 Å². The highest BCUT2D eigenvalue weighted by atomic mass is 19.4. The molecule has 6 rings (SSSR count). The molecule has 1 N–H and O–H groups in total. The van der Waals surface area contributed by atoms with Crippen LogP contribution in [0.2, 0.25) is 0 Å². The largest absolute Gasteiger partial charge is 0.421 e. The van der Waals surface area contributed by atoms with Crippen molar-refractivity contribution in [2.75, 3.05) is 48.1 Å². The predicted molar refractivity (Wildman–Crippen MR) is 134 cm³/mol. The fourth-order valence-electron chi connectivity index (χ4n) is 5.00. The van der Waals surface area contributed by atoms with E-state index in [1.165, 1.54) is 17.9 Å². The Labute approximate surface area is 213 Å². The summed E-state index contributed by atoms with van der Waals surface area (Å²) in [7, 11) is 0. The van der Waals surface area contributed by atoms with Crippen molar-refractivity contribution >= 4 is 23.3 Å². The number of hydroxylamine groups is 1. The van der Waals surface area contributed by atoms with Crippen LogP contribution in [0.1, 0.15) is 36.4 Å². The smallest absolute Gasteiger partial charge is 0.368 e. The topological polar surface area (TPSA) is 69.7 Å². The van der Waals surface area contributed by atoms with Crippen molar-refractivity contribution in [2.45, 2.75) is 37.5 Å². The van der Waals surface area contributed by atoms with Crippen LogP contribution >= 0.6 is 0 Å². The molecule has 1 aromatic carbocycles. The number of piperazine rings is 1. The second kappa shape index (κ2) is 9.79. The number of alkyl halides is 3. The van der Waals surface area contributed by atoms with Crippen LogP contribution in [-0.2, 0) is 11.0 Å². The lowest BCUT2D eigenvalue weighted by molar-refractivity contribution is -0.138. The highest BCUT2D eigenvalue weighted by Crippen LogP contribution is 2.41. The van der Waals surface area contributed by atoms with Gasteiger partial charge in [-0.25, -0.2) is 15.0 Å². The van der Waals surface area contributed by atoms with Gasteiger partial charge in [-0.05, 0) is 30.5 Å². The summed E-state index contributed by atoms with van der Waals surface area (Å²) in [5.41, 5.74) is 0.928. The number of hydrogen-bond donors (Lipinski definition) is 1. The van der Waals surface area contributed by atoms with Crippen molar-refractivity contribution in [2.24, 2.45) is 0 Å².